The fourth-order valence-electron chi connectivity index (χ4n) is 0.837. The molecule has 1 rings (SSSR count). The van der Waals surface area contributed by atoms with Crippen LogP contribution >= 0.6 is 11.8 Å². The number of carbonyl (C=O) groups excluding carboxylic acids is 1. The number of nitrogens with zero attached hydrogens (tertiary/aromatic N) is 3. The Kier molecular flexibility index (Phi) is 3.94. The molecule has 0 amide bonds. The summed E-state index contributed by atoms with van der Waals surface area (Å²) < 4.78 is 6.59. The van der Waals surface area contributed by atoms with Gasteiger partial charge in [-0.05, 0) is 13.8 Å². The van der Waals surface area contributed by atoms with Gasteiger partial charge in [-0.25, -0.2) is 9.67 Å². The molecular formula is C8H13N3O2S. The van der Waals surface area contributed by atoms with E-state index < -0.39 is 0 Å². The molecule has 0 fully saturated rings. The van der Waals surface area contributed by atoms with Crippen LogP contribution in [0.5, 0.6) is 0 Å². The average molecular weight is 215 g/mol. The zero-order chi connectivity index (χ0) is 10.6. The number of ether oxygens (including phenoxy) is 1. The zero-order valence-electron chi connectivity index (χ0n) is 8.43. The maximum Gasteiger partial charge on any atom is 0.316 e. The number of hydrogen-bond donors (Lipinski definition) is 0. The SMILES string of the molecule is CC(C)OC(=O)CSc1ncnn1C. The molecule has 0 N–H and O–H groups in total. The largest absolute Gasteiger partial charge is 0.462 e. The normalized spacial score (nSPS) is 10.6. The number of esters is 1. The fourth-order valence-corrected chi connectivity index (χ4v) is 1.51. The van der Waals surface area contributed by atoms with Crippen LogP contribution in [0.15, 0.2) is 11.5 Å². The van der Waals surface area contributed by atoms with Crippen LogP contribution in [0.25, 0.3) is 0 Å². The van der Waals surface area contributed by atoms with Crippen LogP contribution in [0, 0.1) is 0 Å². The summed E-state index contributed by atoms with van der Waals surface area (Å²) >= 11 is 1.32. The summed E-state index contributed by atoms with van der Waals surface area (Å²) in [6.07, 6.45) is 1.39. The smallest absolute Gasteiger partial charge is 0.316 e. The number of aryl methyl sites for hydroxylation is 1. The minimum Gasteiger partial charge on any atom is -0.462 e. The first kappa shape index (κ1) is 11.0. The molecule has 0 spiro atoms. The predicted octanol–water partition coefficient (Wildman–Crippen LogP) is 0.859. The van der Waals surface area contributed by atoms with Gasteiger partial charge in [-0.2, -0.15) is 5.10 Å². The molecule has 0 radical (unpaired) electrons. The van der Waals surface area contributed by atoms with Gasteiger partial charge in [0.25, 0.3) is 0 Å². The third kappa shape index (κ3) is 3.37. The second-order valence-corrected chi connectivity index (χ2v) is 3.94. The topological polar surface area (TPSA) is 57.0 Å². The van der Waals surface area contributed by atoms with E-state index in [1.165, 1.54) is 18.1 Å². The Morgan fingerprint density at radius 2 is 2.43 bits per heavy atom. The summed E-state index contributed by atoms with van der Waals surface area (Å²) in [6.45, 7) is 3.65. The van der Waals surface area contributed by atoms with Crippen molar-refractivity contribution in [2.45, 2.75) is 25.1 Å². The van der Waals surface area contributed by atoms with Crippen LogP contribution < -0.4 is 0 Å². The molecule has 0 aliphatic carbocycles. The molecule has 14 heavy (non-hydrogen) atoms. The Labute approximate surface area is 86.8 Å². The van der Waals surface area contributed by atoms with Gasteiger partial charge in [0.15, 0.2) is 5.16 Å². The first-order valence-electron chi connectivity index (χ1n) is 4.26. The summed E-state index contributed by atoms with van der Waals surface area (Å²) in [4.78, 5) is 15.1. The van der Waals surface area contributed by atoms with E-state index in [1.54, 1.807) is 11.7 Å². The van der Waals surface area contributed by atoms with Crippen molar-refractivity contribution in [3.63, 3.8) is 0 Å². The number of aromatic nitrogens is 3. The van der Waals surface area contributed by atoms with Crippen molar-refractivity contribution in [3.05, 3.63) is 6.33 Å². The molecule has 0 unspecified atom stereocenters. The molecule has 78 valence electrons. The van der Waals surface area contributed by atoms with Crippen molar-refractivity contribution in [2.75, 3.05) is 5.75 Å². The van der Waals surface area contributed by atoms with Crippen LogP contribution in [-0.4, -0.2) is 32.6 Å². The van der Waals surface area contributed by atoms with Gasteiger partial charge >= 0.3 is 5.97 Å². The summed E-state index contributed by atoms with van der Waals surface area (Å²) in [5.41, 5.74) is 0. The lowest BCUT2D eigenvalue weighted by molar-refractivity contribution is -0.144. The van der Waals surface area contributed by atoms with Crippen molar-refractivity contribution in [3.8, 4) is 0 Å². The molecule has 0 saturated carbocycles. The molecule has 0 saturated heterocycles. The second-order valence-electron chi connectivity index (χ2n) is 2.99. The van der Waals surface area contributed by atoms with Crippen LogP contribution in [0.4, 0.5) is 0 Å². The van der Waals surface area contributed by atoms with Crippen LogP contribution in [0.1, 0.15) is 13.8 Å². The van der Waals surface area contributed by atoms with Crippen LogP contribution in [-0.2, 0) is 16.6 Å². The number of rotatable bonds is 4. The van der Waals surface area contributed by atoms with Gasteiger partial charge < -0.3 is 4.74 Å². The highest BCUT2D eigenvalue weighted by Crippen LogP contribution is 2.13. The van der Waals surface area contributed by atoms with Gasteiger partial charge in [0.1, 0.15) is 6.33 Å². The molecule has 1 heterocycles. The van der Waals surface area contributed by atoms with E-state index in [-0.39, 0.29) is 17.8 Å². The fraction of sp³-hybridized carbons (Fsp3) is 0.625. The molecule has 5 nitrogen and oxygen atoms in total. The van der Waals surface area contributed by atoms with E-state index >= 15 is 0 Å². The molecule has 1 aromatic heterocycles. The molecule has 0 atom stereocenters. The summed E-state index contributed by atoms with van der Waals surface area (Å²) in [5, 5.41) is 4.60. The lowest BCUT2D eigenvalue weighted by atomic mass is 10.5. The number of carbonyl (C=O) groups is 1. The Balaban J connectivity index is 2.34. The van der Waals surface area contributed by atoms with Crippen molar-refractivity contribution >= 4 is 17.7 Å². The van der Waals surface area contributed by atoms with Crippen molar-refractivity contribution in [1.82, 2.24) is 14.8 Å². The molecule has 6 heteroatoms. The summed E-state index contributed by atoms with van der Waals surface area (Å²) in [6, 6.07) is 0. The van der Waals surface area contributed by atoms with Gasteiger partial charge in [0, 0.05) is 7.05 Å². The lowest BCUT2D eigenvalue weighted by Crippen LogP contribution is -2.13. The van der Waals surface area contributed by atoms with Crippen molar-refractivity contribution in [1.29, 1.82) is 0 Å². The zero-order valence-corrected chi connectivity index (χ0v) is 9.24. The van der Waals surface area contributed by atoms with Crippen LogP contribution in [0.3, 0.4) is 0 Å². The van der Waals surface area contributed by atoms with Crippen molar-refractivity contribution < 1.29 is 9.53 Å². The maximum absolute atomic E-state index is 11.2. The van der Waals surface area contributed by atoms with E-state index in [2.05, 4.69) is 10.1 Å². The highest BCUT2D eigenvalue weighted by Gasteiger charge is 2.08. The summed E-state index contributed by atoms with van der Waals surface area (Å²) in [5.74, 6) is 0.0399. The van der Waals surface area contributed by atoms with E-state index in [0.717, 1.165) is 0 Å². The Morgan fingerprint density at radius 3 is 2.93 bits per heavy atom. The molecular weight excluding hydrogens is 202 g/mol. The quantitative estimate of drug-likeness (QED) is 0.550. The van der Waals surface area contributed by atoms with Crippen molar-refractivity contribution in [2.24, 2.45) is 7.05 Å². The summed E-state index contributed by atoms with van der Waals surface area (Å²) in [7, 11) is 1.78. The van der Waals surface area contributed by atoms with Gasteiger partial charge in [0.05, 0.1) is 11.9 Å². The van der Waals surface area contributed by atoms with E-state index in [9.17, 15) is 4.79 Å². The molecule has 0 bridgehead atoms. The van der Waals surface area contributed by atoms with Gasteiger partial charge in [0.2, 0.25) is 0 Å². The Morgan fingerprint density at radius 1 is 1.71 bits per heavy atom. The maximum atomic E-state index is 11.2. The van der Waals surface area contributed by atoms with E-state index in [0.29, 0.717) is 5.16 Å². The molecule has 0 aromatic carbocycles. The van der Waals surface area contributed by atoms with E-state index in [1.807, 2.05) is 13.8 Å². The van der Waals surface area contributed by atoms with Gasteiger partial charge in [-0.3, -0.25) is 4.79 Å². The van der Waals surface area contributed by atoms with Crippen LogP contribution in [0.2, 0.25) is 0 Å². The lowest BCUT2D eigenvalue weighted by Gasteiger charge is -2.06. The van der Waals surface area contributed by atoms with E-state index in [4.69, 9.17) is 4.74 Å². The third-order valence-corrected chi connectivity index (χ3v) is 2.36. The first-order chi connectivity index (χ1) is 6.59. The van der Waals surface area contributed by atoms with Gasteiger partial charge in [-0.1, -0.05) is 11.8 Å². The average Bonchev–Trinajstić information content (AvgIpc) is 2.46. The highest BCUT2D eigenvalue weighted by molar-refractivity contribution is 7.99. The molecule has 0 aliphatic rings. The predicted molar refractivity (Wildman–Crippen MR) is 53.0 cm³/mol. The number of hydrogen-bond acceptors (Lipinski definition) is 5. The highest BCUT2D eigenvalue weighted by atomic mass is 32.2. The Hall–Kier alpha value is -1.04. The Bertz CT molecular complexity index is 311. The minimum atomic E-state index is -0.229. The molecule has 1 aromatic rings. The standard InChI is InChI=1S/C8H13N3O2S/c1-6(2)13-7(12)4-14-8-9-5-10-11(8)3/h5-6H,4H2,1-3H3. The number of thioether (sulfide) groups is 1. The van der Waals surface area contributed by atoms with Gasteiger partial charge in [-0.15, -0.1) is 0 Å². The molecule has 0 aliphatic heterocycles. The second kappa shape index (κ2) is 4.99. The monoisotopic (exact) mass is 215 g/mol. The first-order valence-corrected chi connectivity index (χ1v) is 5.24. The third-order valence-electron chi connectivity index (χ3n) is 1.36. The minimum absolute atomic E-state index is 0.0670.